The summed E-state index contributed by atoms with van der Waals surface area (Å²) in [6.07, 6.45) is 1.62. The van der Waals surface area contributed by atoms with E-state index in [-0.39, 0.29) is 31.1 Å². The molecular formula is C17H25N3O3. The minimum Gasteiger partial charge on any atom is -0.445 e. The third kappa shape index (κ3) is 5.25. The van der Waals surface area contributed by atoms with Gasteiger partial charge >= 0.3 is 6.09 Å². The molecule has 2 rings (SSSR count). The number of nitrogens with two attached hydrogens (primary N) is 1. The Morgan fingerprint density at radius 2 is 2.09 bits per heavy atom. The summed E-state index contributed by atoms with van der Waals surface area (Å²) in [6, 6.07) is 9.60. The number of nitrogens with zero attached hydrogens (tertiary/aromatic N) is 2. The molecule has 0 saturated carbocycles. The maximum Gasteiger partial charge on any atom is 0.409 e. The van der Waals surface area contributed by atoms with Crippen LogP contribution in [0.3, 0.4) is 0 Å². The molecule has 126 valence electrons. The number of benzene rings is 1. The van der Waals surface area contributed by atoms with Gasteiger partial charge in [0, 0.05) is 26.7 Å². The number of hydrogen-bond donors (Lipinski definition) is 1. The molecule has 23 heavy (non-hydrogen) atoms. The molecule has 1 aliphatic rings. The van der Waals surface area contributed by atoms with Gasteiger partial charge in [0.25, 0.3) is 0 Å². The van der Waals surface area contributed by atoms with Gasteiger partial charge in [0.15, 0.2) is 0 Å². The molecule has 2 amide bonds. The molecule has 0 radical (unpaired) electrons. The van der Waals surface area contributed by atoms with E-state index in [1.54, 1.807) is 16.8 Å². The zero-order chi connectivity index (χ0) is 16.7. The van der Waals surface area contributed by atoms with Gasteiger partial charge in [0.2, 0.25) is 5.91 Å². The highest BCUT2D eigenvalue weighted by Crippen LogP contribution is 2.17. The van der Waals surface area contributed by atoms with Crippen LogP contribution in [0, 0.1) is 5.92 Å². The van der Waals surface area contributed by atoms with E-state index in [9.17, 15) is 9.59 Å². The molecule has 1 saturated heterocycles. The fraction of sp³-hybridized carbons (Fsp3) is 0.529. The maximum absolute atomic E-state index is 12.1. The molecule has 6 nitrogen and oxygen atoms in total. The molecule has 1 atom stereocenters. The second kappa shape index (κ2) is 8.53. The minimum atomic E-state index is -0.337. The Morgan fingerprint density at radius 1 is 1.35 bits per heavy atom. The van der Waals surface area contributed by atoms with E-state index >= 15 is 0 Å². The summed E-state index contributed by atoms with van der Waals surface area (Å²) in [7, 11) is 1.73. The van der Waals surface area contributed by atoms with Crippen molar-refractivity contribution in [3.8, 4) is 0 Å². The molecule has 2 N–H and O–H groups in total. The van der Waals surface area contributed by atoms with Crippen molar-refractivity contribution in [2.45, 2.75) is 19.4 Å². The second-order valence-electron chi connectivity index (χ2n) is 5.97. The van der Waals surface area contributed by atoms with Crippen LogP contribution in [0.15, 0.2) is 30.3 Å². The summed E-state index contributed by atoms with van der Waals surface area (Å²) in [6.45, 7) is 2.32. The van der Waals surface area contributed by atoms with Crippen LogP contribution < -0.4 is 5.73 Å². The summed E-state index contributed by atoms with van der Waals surface area (Å²) in [4.78, 5) is 27.1. The van der Waals surface area contributed by atoms with Gasteiger partial charge in [-0.3, -0.25) is 4.79 Å². The smallest absolute Gasteiger partial charge is 0.409 e. The lowest BCUT2D eigenvalue weighted by Gasteiger charge is -2.34. The van der Waals surface area contributed by atoms with Crippen molar-refractivity contribution in [2.24, 2.45) is 11.7 Å². The zero-order valence-electron chi connectivity index (χ0n) is 13.6. The zero-order valence-corrected chi connectivity index (χ0v) is 13.6. The molecule has 1 aromatic rings. The third-order valence-electron chi connectivity index (χ3n) is 4.10. The Morgan fingerprint density at radius 3 is 2.78 bits per heavy atom. The van der Waals surface area contributed by atoms with Crippen LogP contribution in [0.4, 0.5) is 4.79 Å². The lowest BCUT2D eigenvalue weighted by atomic mass is 9.97. The average molecular weight is 319 g/mol. The number of carbonyl (C=O) groups excluding carboxylic acids is 2. The highest BCUT2D eigenvalue weighted by molar-refractivity contribution is 5.78. The maximum atomic E-state index is 12.1. The van der Waals surface area contributed by atoms with Crippen molar-refractivity contribution in [1.29, 1.82) is 0 Å². The fourth-order valence-corrected chi connectivity index (χ4v) is 2.86. The first-order valence-corrected chi connectivity index (χ1v) is 7.99. The highest BCUT2D eigenvalue weighted by atomic mass is 16.6. The molecule has 1 aliphatic heterocycles. The Bertz CT molecular complexity index is 521. The number of rotatable bonds is 5. The average Bonchev–Trinajstić information content (AvgIpc) is 2.60. The Kier molecular flexibility index (Phi) is 6.40. The Balaban J connectivity index is 1.77. The number of amides is 2. The first-order valence-electron chi connectivity index (χ1n) is 7.99. The molecule has 0 aliphatic carbocycles. The first kappa shape index (κ1) is 17.3. The van der Waals surface area contributed by atoms with Crippen molar-refractivity contribution < 1.29 is 14.3 Å². The standard InChI is InChI=1S/C17H25N3O3/c1-19(17(22)23-13-14-6-3-2-4-7-14)11-15-8-5-9-20(12-15)16(21)10-18/h2-4,6-7,15H,5,8-13,18H2,1H3. The Labute approximate surface area is 137 Å². The number of hydrogen-bond acceptors (Lipinski definition) is 4. The number of piperidine rings is 1. The monoisotopic (exact) mass is 319 g/mol. The van der Waals surface area contributed by atoms with Crippen LogP contribution in [0.25, 0.3) is 0 Å². The molecule has 0 spiro atoms. The molecule has 1 heterocycles. The summed E-state index contributed by atoms with van der Waals surface area (Å²) in [5.74, 6) is 0.248. The molecule has 0 bridgehead atoms. The lowest BCUT2D eigenvalue weighted by molar-refractivity contribution is -0.131. The molecule has 1 unspecified atom stereocenters. The van der Waals surface area contributed by atoms with Gasteiger partial charge in [0.05, 0.1) is 6.54 Å². The van der Waals surface area contributed by atoms with E-state index in [1.807, 2.05) is 30.3 Å². The second-order valence-corrected chi connectivity index (χ2v) is 5.97. The van der Waals surface area contributed by atoms with Crippen molar-refractivity contribution in [3.05, 3.63) is 35.9 Å². The fourth-order valence-electron chi connectivity index (χ4n) is 2.86. The Hall–Kier alpha value is -2.08. The number of ether oxygens (including phenoxy) is 1. The molecular weight excluding hydrogens is 294 g/mol. The van der Waals surface area contributed by atoms with Gasteiger partial charge in [-0.2, -0.15) is 0 Å². The summed E-state index contributed by atoms with van der Waals surface area (Å²) in [5, 5.41) is 0. The first-order chi connectivity index (χ1) is 11.1. The van der Waals surface area contributed by atoms with Crippen LogP contribution in [-0.2, 0) is 16.1 Å². The normalized spacial score (nSPS) is 17.7. The van der Waals surface area contributed by atoms with Crippen molar-refractivity contribution in [1.82, 2.24) is 9.80 Å². The number of carbonyl (C=O) groups is 2. The van der Waals surface area contributed by atoms with Crippen LogP contribution >= 0.6 is 0 Å². The van der Waals surface area contributed by atoms with Crippen LogP contribution in [0.1, 0.15) is 18.4 Å². The van der Waals surface area contributed by atoms with Crippen molar-refractivity contribution in [2.75, 3.05) is 33.2 Å². The van der Waals surface area contributed by atoms with Gasteiger partial charge in [-0.1, -0.05) is 30.3 Å². The predicted octanol–water partition coefficient (Wildman–Crippen LogP) is 1.45. The van der Waals surface area contributed by atoms with Crippen molar-refractivity contribution >= 4 is 12.0 Å². The predicted molar refractivity (Wildman–Crippen MR) is 87.6 cm³/mol. The lowest BCUT2D eigenvalue weighted by Crippen LogP contribution is -2.46. The topological polar surface area (TPSA) is 75.9 Å². The molecule has 6 heteroatoms. The van der Waals surface area contributed by atoms with Gasteiger partial charge in [-0.25, -0.2) is 4.79 Å². The number of likely N-dealkylation sites (tertiary alicyclic amines) is 1. The van der Waals surface area contributed by atoms with E-state index in [0.29, 0.717) is 13.1 Å². The largest absolute Gasteiger partial charge is 0.445 e. The molecule has 0 aromatic heterocycles. The summed E-state index contributed by atoms with van der Waals surface area (Å²) >= 11 is 0. The van der Waals surface area contributed by atoms with E-state index < -0.39 is 0 Å². The molecule has 1 fully saturated rings. The minimum absolute atomic E-state index is 0.0241. The van der Waals surface area contributed by atoms with E-state index in [1.165, 1.54) is 0 Å². The highest BCUT2D eigenvalue weighted by Gasteiger charge is 2.25. The quantitative estimate of drug-likeness (QED) is 0.891. The SMILES string of the molecule is CN(CC1CCCN(C(=O)CN)C1)C(=O)OCc1ccccc1. The van der Waals surface area contributed by atoms with Gasteiger partial charge in [-0.15, -0.1) is 0 Å². The molecule has 1 aromatic carbocycles. The summed E-state index contributed by atoms with van der Waals surface area (Å²) < 4.78 is 5.31. The third-order valence-corrected chi connectivity index (χ3v) is 4.10. The summed E-state index contributed by atoms with van der Waals surface area (Å²) in [5.41, 5.74) is 6.38. The van der Waals surface area contributed by atoms with Gasteiger partial charge in [-0.05, 0) is 24.3 Å². The van der Waals surface area contributed by atoms with E-state index in [4.69, 9.17) is 10.5 Å². The van der Waals surface area contributed by atoms with Crippen LogP contribution in [0.5, 0.6) is 0 Å². The van der Waals surface area contributed by atoms with E-state index in [0.717, 1.165) is 24.9 Å². The van der Waals surface area contributed by atoms with Crippen LogP contribution in [0.2, 0.25) is 0 Å². The van der Waals surface area contributed by atoms with Gasteiger partial charge in [0.1, 0.15) is 6.61 Å². The van der Waals surface area contributed by atoms with E-state index in [2.05, 4.69) is 0 Å². The van der Waals surface area contributed by atoms with Crippen molar-refractivity contribution in [3.63, 3.8) is 0 Å². The van der Waals surface area contributed by atoms with Gasteiger partial charge < -0.3 is 20.3 Å². The van der Waals surface area contributed by atoms with Crippen LogP contribution in [-0.4, -0.2) is 55.0 Å².